The third-order valence-electron chi connectivity index (χ3n) is 7.12. The predicted molar refractivity (Wildman–Crippen MR) is 127 cm³/mol. The van der Waals surface area contributed by atoms with Gasteiger partial charge in [0.2, 0.25) is 0 Å². The van der Waals surface area contributed by atoms with Crippen LogP contribution in [0.4, 0.5) is 16.2 Å². The second-order valence-electron chi connectivity index (χ2n) is 10.0. The molecule has 4 rings (SSSR count). The summed E-state index contributed by atoms with van der Waals surface area (Å²) >= 11 is 0. The molecule has 2 amide bonds. The van der Waals surface area contributed by atoms with E-state index in [9.17, 15) is 10.1 Å². The smallest absolute Gasteiger partial charge is 0.322 e. The van der Waals surface area contributed by atoms with Crippen molar-refractivity contribution in [1.82, 2.24) is 9.80 Å². The van der Waals surface area contributed by atoms with E-state index in [0.717, 1.165) is 44.7 Å². The van der Waals surface area contributed by atoms with Gasteiger partial charge in [-0.05, 0) is 45.7 Å². The number of nitrogens with one attached hydrogen (secondary N) is 1. The summed E-state index contributed by atoms with van der Waals surface area (Å²) in [7, 11) is 0. The highest BCUT2D eigenvalue weighted by Gasteiger charge is 2.44. The van der Waals surface area contributed by atoms with Crippen molar-refractivity contribution in [1.29, 1.82) is 5.26 Å². The minimum atomic E-state index is -0.260. The van der Waals surface area contributed by atoms with Crippen molar-refractivity contribution in [2.75, 3.05) is 49.5 Å². The number of hydrogen-bond acceptors (Lipinski definition) is 5. The number of nitriles is 1. The first kappa shape index (κ1) is 22.9. The van der Waals surface area contributed by atoms with Crippen LogP contribution in [-0.2, 0) is 4.74 Å². The Bertz CT molecular complexity index is 844. The Balaban J connectivity index is 1.39. The van der Waals surface area contributed by atoms with Crippen LogP contribution in [0.25, 0.3) is 0 Å². The lowest BCUT2D eigenvalue weighted by atomic mass is 9.93. The first-order valence-electron chi connectivity index (χ1n) is 12.1. The van der Waals surface area contributed by atoms with E-state index in [4.69, 9.17) is 4.74 Å². The lowest BCUT2D eigenvalue weighted by Crippen LogP contribution is -2.64. The van der Waals surface area contributed by atoms with Crippen LogP contribution in [-0.4, -0.2) is 72.8 Å². The van der Waals surface area contributed by atoms with Crippen LogP contribution < -0.4 is 10.2 Å². The van der Waals surface area contributed by atoms with E-state index in [1.54, 1.807) is 11.0 Å². The molecule has 0 unspecified atom stereocenters. The van der Waals surface area contributed by atoms with Gasteiger partial charge in [0.05, 0.1) is 36.1 Å². The molecule has 2 saturated heterocycles. The molecule has 0 atom stereocenters. The quantitative estimate of drug-likeness (QED) is 0.750. The number of amides is 2. The molecule has 3 aliphatic rings. The summed E-state index contributed by atoms with van der Waals surface area (Å²) in [6, 6.07) is 8.31. The Morgan fingerprint density at radius 3 is 2.47 bits per heavy atom. The van der Waals surface area contributed by atoms with Crippen LogP contribution >= 0.6 is 0 Å². The van der Waals surface area contributed by atoms with Crippen molar-refractivity contribution in [3.05, 3.63) is 23.8 Å². The molecule has 7 heteroatoms. The van der Waals surface area contributed by atoms with Crippen molar-refractivity contribution in [2.24, 2.45) is 0 Å². The zero-order valence-electron chi connectivity index (χ0n) is 19.8. The number of carbonyl (C=O) groups is 1. The average molecular weight is 440 g/mol. The Labute approximate surface area is 192 Å². The fourth-order valence-electron chi connectivity index (χ4n) is 5.26. The van der Waals surface area contributed by atoms with Crippen LogP contribution in [0, 0.1) is 11.3 Å². The number of anilines is 2. The molecular formula is C25H37N5O2. The van der Waals surface area contributed by atoms with Crippen LogP contribution in [0.5, 0.6) is 0 Å². The fourth-order valence-corrected chi connectivity index (χ4v) is 5.26. The lowest BCUT2D eigenvalue weighted by molar-refractivity contribution is -0.155. The van der Waals surface area contributed by atoms with Gasteiger partial charge >= 0.3 is 6.03 Å². The van der Waals surface area contributed by atoms with Crippen molar-refractivity contribution in [3.63, 3.8) is 0 Å². The second-order valence-corrected chi connectivity index (χ2v) is 10.0. The van der Waals surface area contributed by atoms with Crippen molar-refractivity contribution < 1.29 is 9.53 Å². The number of likely N-dealkylation sites (tertiary alicyclic amines) is 1. The molecule has 3 fully saturated rings. The van der Waals surface area contributed by atoms with E-state index >= 15 is 0 Å². The zero-order chi connectivity index (χ0) is 22.7. The van der Waals surface area contributed by atoms with E-state index in [2.05, 4.69) is 42.0 Å². The van der Waals surface area contributed by atoms with Gasteiger partial charge in [0.1, 0.15) is 11.7 Å². The topological polar surface area (TPSA) is 71.8 Å². The summed E-state index contributed by atoms with van der Waals surface area (Å²) in [5, 5.41) is 12.7. The van der Waals surface area contributed by atoms with Crippen LogP contribution in [0.3, 0.4) is 0 Å². The molecule has 1 aromatic rings. The fraction of sp³-hybridized carbons (Fsp3) is 0.680. The monoisotopic (exact) mass is 439 g/mol. The Morgan fingerprint density at radius 1 is 1.16 bits per heavy atom. The van der Waals surface area contributed by atoms with Crippen molar-refractivity contribution >= 4 is 17.4 Å². The van der Waals surface area contributed by atoms with Crippen LogP contribution in [0.1, 0.15) is 58.4 Å². The second kappa shape index (κ2) is 9.68. The molecule has 2 aliphatic heterocycles. The SMILES string of the molecule is CC(C)N1CCN(c2cccc(C#N)c2NC(=O)N2CC(C)(OC3CCCCC3)C2)CC1. The molecular weight excluding hydrogens is 402 g/mol. The van der Waals surface area contributed by atoms with E-state index in [1.165, 1.54) is 19.3 Å². The Morgan fingerprint density at radius 2 is 1.84 bits per heavy atom. The number of urea groups is 1. The number of nitrogens with zero attached hydrogens (tertiary/aromatic N) is 4. The number of rotatable bonds is 5. The third kappa shape index (κ3) is 5.02. The van der Waals surface area contributed by atoms with Gasteiger partial charge in [0.15, 0.2) is 0 Å². The van der Waals surface area contributed by atoms with E-state index in [-0.39, 0.29) is 11.6 Å². The number of benzene rings is 1. The number of para-hydroxylation sites is 1. The zero-order valence-corrected chi connectivity index (χ0v) is 19.8. The lowest BCUT2D eigenvalue weighted by Gasteiger charge is -2.49. The molecule has 1 aliphatic carbocycles. The molecule has 0 radical (unpaired) electrons. The number of piperazine rings is 1. The van der Waals surface area contributed by atoms with Gasteiger partial charge in [0, 0.05) is 32.2 Å². The molecule has 0 aromatic heterocycles. The Hall–Kier alpha value is -2.30. The predicted octanol–water partition coefficient (Wildman–Crippen LogP) is 4.04. The van der Waals surface area contributed by atoms with E-state index in [1.807, 2.05) is 12.1 Å². The molecule has 2 heterocycles. The summed E-state index contributed by atoms with van der Waals surface area (Å²) in [5.74, 6) is 0. The maximum atomic E-state index is 13.0. The molecule has 174 valence electrons. The molecule has 1 aromatic carbocycles. The van der Waals surface area contributed by atoms with E-state index in [0.29, 0.717) is 36.5 Å². The van der Waals surface area contributed by atoms with Gasteiger partial charge in [-0.3, -0.25) is 4.90 Å². The van der Waals surface area contributed by atoms with Crippen LogP contribution in [0.15, 0.2) is 18.2 Å². The minimum Gasteiger partial charge on any atom is -0.368 e. The molecule has 1 saturated carbocycles. The van der Waals surface area contributed by atoms with Gasteiger partial charge in [-0.2, -0.15) is 5.26 Å². The minimum absolute atomic E-state index is 0.153. The molecule has 0 spiro atoms. The normalized spacial score (nSPS) is 21.8. The van der Waals surface area contributed by atoms with Crippen LogP contribution in [0.2, 0.25) is 0 Å². The summed E-state index contributed by atoms with van der Waals surface area (Å²) < 4.78 is 6.35. The van der Waals surface area contributed by atoms with Gasteiger partial charge < -0.3 is 19.9 Å². The van der Waals surface area contributed by atoms with E-state index < -0.39 is 0 Å². The average Bonchev–Trinajstić information content (AvgIpc) is 2.78. The first-order chi connectivity index (χ1) is 15.4. The maximum Gasteiger partial charge on any atom is 0.322 e. The van der Waals surface area contributed by atoms with Crippen molar-refractivity contribution in [2.45, 2.75) is 70.6 Å². The molecule has 1 N–H and O–H groups in total. The highest BCUT2D eigenvalue weighted by atomic mass is 16.5. The number of hydrogen-bond donors (Lipinski definition) is 1. The summed E-state index contributed by atoms with van der Waals surface area (Å²) in [4.78, 5) is 19.6. The standard InChI is InChI=1S/C25H37N5O2/c1-19(2)28-12-14-29(15-13-28)22-11-7-8-20(16-26)23(22)27-24(31)30-17-25(3,18-30)32-21-9-5-4-6-10-21/h7-8,11,19,21H,4-6,9-10,12-15,17-18H2,1-3H3,(H,27,31). The largest absolute Gasteiger partial charge is 0.368 e. The molecule has 32 heavy (non-hydrogen) atoms. The molecule has 0 bridgehead atoms. The maximum absolute atomic E-state index is 13.0. The summed E-state index contributed by atoms with van der Waals surface area (Å²) in [5.41, 5.74) is 1.80. The Kier molecular flexibility index (Phi) is 6.92. The third-order valence-corrected chi connectivity index (χ3v) is 7.12. The van der Waals surface area contributed by atoms with Gasteiger partial charge in [-0.15, -0.1) is 0 Å². The van der Waals surface area contributed by atoms with Gasteiger partial charge in [-0.25, -0.2) is 4.79 Å². The number of ether oxygens (including phenoxy) is 1. The van der Waals surface area contributed by atoms with Gasteiger partial charge in [-0.1, -0.05) is 25.3 Å². The summed E-state index contributed by atoms with van der Waals surface area (Å²) in [6.45, 7) is 11.4. The van der Waals surface area contributed by atoms with Gasteiger partial charge in [0.25, 0.3) is 0 Å². The first-order valence-corrected chi connectivity index (χ1v) is 12.1. The highest BCUT2D eigenvalue weighted by molar-refractivity contribution is 5.96. The molecule has 7 nitrogen and oxygen atoms in total. The number of carbonyl (C=O) groups excluding carboxylic acids is 1. The summed E-state index contributed by atoms with van der Waals surface area (Å²) in [6.07, 6.45) is 6.37. The highest BCUT2D eigenvalue weighted by Crippen LogP contribution is 2.34. The van der Waals surface area contributed by atoms with Crippen molar-refractivity contribution in [3.8, 4) is 6.07 Å².